The molecule has 1 aromatic carbocycles. The SMILES string of the molecule is N[C@@H](CC(=O)O)C(=O)N[C@H](C=O)Cc1ccccc1.O=C(O)[C@@H]1CCCN1. The molecule has 1 aliphatic heterocycles. The molecule has 0 spiro atoms. The van der Waals surface area contributed by atoms with Gasteiger partial charge in [0, 0.05) is 0 Å². The van der Waals surface area contributed by atoms with Crippen LogP contribution in [0.5, 0.6) is 0 Å². The minimum atomic E-state index is -1.16. The van der Waals surface area contributed by atoms with Crippen LogP contribution in [0.4, 0.5) is 0 Å². The van der Waals surface area contributed by atoms with Gasteiger partial charge in [0.05, 0.1) is 18.5 Å². The summed E-state index contributed by atoms with van der Waals surface area (Å²) in [6.07, 6.45) is 2.27. The van der Waals surface area contributed by atoms with Crippen molar-refractivity contribution in [1.82, 2.24) is 10.6 Å². The highest BCUT2D eigenvalue weighted by Crippen LogP contribution is 2.03. The number of carboxylic acid groups (broad SMARTS) is 2. The monoisotopic (exact) mass is 379 g/mol. The molecule has 0 aromatic heterocycles. The van der Waals surface area contributed by atoms with E-state index in [9.17, 15) is 19.2 Å². The van der Waals surface area contributed by atoms with Crippen LogP contribution in [0.2, 0.25) is 0 Å². The Morgan fingerprint density at radius 1 is 1.26 bits per heavy atom. The van der Waals surface area contributed by atoms with E-state index in [1.807, 2.05) is 30.3 Å². The maximum absolute atomic E-state index is 11.6. The Morgan fingerprint density at radius 2 is 1.93 bits per heavy atom. The molecule has 1 aliphatic rings. The second kappa shape index (κ2) is 11.8. The van der Waals surface area contributed by atoms with E-state index >= 15 is 0 Å². The molecule has 1 aromatic rings. The maximum atomic E-state index is 11.6. The van der Waals surface area contributed by atoms with E-state index in [0.29, 0.717) is 12.7 Å². The van der Waals surface area contributed by atoms with Crippen molar-refractivity contribution in [2.24, 2.45) is 5.73 Å². The number of carbonyl (C=O) groups excluding carboxylic acids is 2. The fourth-order valence-corrected chi connectivity index (χ4v) is 2.47. The van der Waals surface area contributed by atoms with Crippen LogP contribution in [0.3, 0.4) is 0 Å². The minimum Gasteiger partial charge on any atom is -0.481 e. The first-order chi connectivity index (χ1) is 12.8. The second-order valence-electron chi connectivity index (χ2n) is 6.13. The van der Waals surface area contributed by atoms with Crippen LogP contribution in [0.15, 0.2) is 30.3 Å². The first kappa shape index (κ1) is 22.3. The Balaban J connectivity index is 0.000000377. The zero-order valence-electron chi connectivity index (χ0n) is 14.8. The first-order valence-corrected chi connectivity index (χ1v) is 8.56. The van der Waals surface area contributed by atoms with Gasteiger partial charge < -0.3 is 31.4 Å². The number of benzene rings is 1. The van der Waals surface area contributed by atoms with Crippen molar-refractivity contribution >= 4 is 24.1 Å². The van der Waals surface area contributed by atoms with Crippen molar-refractivity contribution < 1.29 is 29.4 Å². The maximum Gasteiger partial charge on any atom is 0.320 e. The van der Waals surface area contributed by atoms with Crippen LogP contribution in [0.1, 0.15) is 24.8 Å². The minimum absolute atomic E-state index is 0.269. The van der Waals surface area contributed by atoms with Crippen LogP contribution in [0.25, 0.3) is 0 Å². The van der Waals surface area contributed by atoms with Gasteiger partial charge in [-0.15, -0.1) is 0 Å². The summed E-state index contributed by atoms with van der Waals surface area (Å²) in [5, 5.41) is 22.2. The predicted molar refractivity (Wildman–Crippen MR) is 97.0 cm³/mol. The molecule has 0 saturated carbocycles. The summed E-state index contributed by atoms with van der Waals surface area (Å²) in [5.74, 6) is -2.52. The third kappa shape index (κ3) is 8.93. The van der Waals surface area contributed by atoms with Gasteiger partial charge in [0.15, 0.2) is 0 Å². The largest absolute Gasteiger partial charge is 0.481 e. The number of amides is 1. The highest BCUT2D eigenvalue weighted by atomic mass is 16.4. The Kier molecular flexibility index (Phi) is 9.70. The van der Waals surface area contributed by atoms with Crippen LogP contribution >= 0.6 is 0 Å². The zero-order valence-corrected chi connectivity index (χ0v) is 14.8. The van der Waals surface area contributed by atoms with Crippen LogP contribution in [-0.4, -0.2) is 59.0 Å². The molecule has 0 aliphatic carbocycles. The Hall–Kier alpha value is -2.78. The van der Waals surface area contributed by atoms with Crippen molar-refractivity contribution in [2.75, 3.05) is 6.54 Å². The molecule has 1 saturated heterocycles. The fourth-order valence-electron chi connectivity index (χ4n) is 2.47. The fraction of sp³-hybridized carbons (Fsp3) is 0.444. The van der Waals surface area contributed by atoms with Crippen molar-refractivity contribution in [1.29, 1.82) is 0 Å². The van der Waals surface area contributed by atoms with Gasteiger partial charge in [0.25, 0.3) is 0 Å². The van der Waals surface area contributed by atoms with Gasteiger partial charge in [0.2, 0.25) is 5.91 Å². The molecule has 0 radical (unpaired) electrons. The summed E-state index contributed by atoms with van der Waals surface area (Å²) in [5.41, 5.74) is 6.30. The van der Waals surface area contributed by atoms with Gasteiger partial charge in [-0.3, -0.25) is 14.4 Å². The van der Waals surface area contributed by atoms with Crippen LogP contribution in [-0.2, 0) is 25.6 Å². The van der Waals surface area contributed by atoms with Gasteiger partial charge >= 0.3 is 11.9 Å². The molecule has 2 rings (SSSR count). The van der Waals surface area contributed by atoms with E-state index in [1.54, 1.807) is 0 Å². The van der Waals surface area contributed by atoms with Crippen molar-refractivity contribution in [3.63, 3.8) is 0 Å². The van der Waals surface area contributed by atoms with E-state index in [2.05, 4.69) is 10.6 Å². The standard InChI is InChI=1S/C13H16N2O4.C5H9NO2/c14-11(7-12(17)18)13(19)15-10(8-16)6-9-4-2-1-3-5-9;7-5(8)4-2-1-3-6-4/h1-5,8,10-11H,6-7,14H2,(H,15,19)(H,17,18);4,6H,1-3H2,(H,7,8)/t10-,11-;4-/m00/s1. The number of hydrogen-bond donors (Lipinski definition) is 5. The van der Waals surface area contributed by atoms with Crippen molar-refractivity contribution in [3.8, 4) is 0 Å². The zero-order chi connectivity index (χ0) is 20.2. The number of carbonyl (C=O) groups is 4. The molecule has 9 nitrogen and oxygen atoms in total. The molecular formula is C18H25N3O6. The Labute approximate surface area is 156 Å². The molecule has 1 amide bonds. The predicted octanol–water partition coefficient (Wildman–Crippen LogP) is -0.462. The Morgan fingerprint density at radius 3 is 2.37 bits per heavy atom. The molecule has 27 heavy (non-hydrogen) atoms. The van der Waals surface area contributed by atoms with E-state index in [4.69, 9.17) is 15.9 Å². The number of nitrogens with one attached hydrogen (secondary N) is 2. The summed E-state index contributed by atoms with van der Waals surface area (Å²) >= 11 is 0. The highest BCUT2D eigenvalue weighted by molar-refractivity contribution is 5.87. The van der Waals surface area contributed by atoms with E-state index < -0.39 is 36.4 Å². The lowest BCUT2D eigenvalue weighted by Crippen LogP contribution is -2.47. The van der Waals surface area contributed by atoms with Crippen LogP contribution < -0.4 is 16.4 Å². The van der Waals surface area contributed by atoms with Gasteiger partial charge in [-0.05, 0) is 31.4 Å². The molecular weight excluding hydrogens is 354 g/mol. The summed E-state index contributed by atoms with van der Waals surface area (Å²) in [7, 11) is 0. The highest BCUT2D eigenvalue weighted by Gasteiger charge is 2.21. The van der Waals surface area contributed by atoms with Gasteiger partial charge in [-0.2, -0.15) is 0 Å². The Bertz CT molecular complexity index is 631. The topological polar surface area (TPSA) is 159 Å². The molecule has 148 valence electrons. The molecule has 0 bridgehead atoms. The quantitative estimate of drug-likeness (QED) is 0.379. The number of aliphatic carboxylic acids is 2. The van der Waals surface area contributed by atoms with Gasteiger partial charge in [0.1, 0.15) is 12.3 Å². The van der Waals surface area contributed by atoms with Crippen molar-refractivity contribution in [3.05, 3.63) is 35.9 Å². The third-order valence-electron chi connectivity index (χ3n) is 3.88. The molecule has 1 fully saturated rings. The van der Waals surface area contributed by atoms with Gasteiger partial charge in [-0.25, -0.2) is 0 Å². The first-order valence-electron chi connectivity index (χ1n) is 8.56. The number of hydrogen-bond acceptors (Lipinski definition) is 6. The van der Waals surface area contributed by atoms with E-state index in [-0.39, 0.29) is 6.04 Å². The summed E-state index contributed by atoms with van der Waals surface area (Å²) in [4.78, 5) is 43.1. The van der Waals surface area contributed by atoms with Gasteiger partial charge in [-0.1, -0.05) is 30.3 Å². The normalized spacial score (nSPS) is 17.7. The lowest BCUT2D eigenvalue weighted by atomic mass is 10.1. The lowest BCUT2D eigenvalue weighted by molar-refractivity contribution is -0.140. The average Bonchev–Trinajstić information content (AvgIpc) is 3.17. The van der Waals surface area contributed by atoms with Crippen molar-refractivity contribution in [2.45, 2.75) is 43.8 Å². The second-order valence-corrected chi connectivity index (χ2v) is 6.13. The average molecular weight is 379 g/mol. The number of aldehydes is 1. The third-order valence-corrected chi connectivity index (χ3v) is 3.88. The molecule has 1 heterocycles. The summed E-state index contributed by atoms with van der Waals surface area (Å²) in [6.45, 7) is 0.858. The molecule has 9 heteroatoms. The molecule has 3 atom stereocenters. The number of rotatable bonds is 8. The summed E-state index contributed by atoms with van der Waals surface area (Å²) in [6, 6.07) is 7.03. The molecule has 6 N–H and O–H groups in total. The van der Waals surface area contributed by atoms with Crippen LogP contribution in [0, 0.1) is 0 Å². The summed E-state index contributed by atoms with van der Waals surface area (Å²) < 4.78 is 0. The number of nitrogens with two attached hydrogens (primary N) is 1. The van der Waals surface area contributed by atoms with E-state index in [1.165, 1.54) is 0 Å². The molecule has 0 unspecified atom stereocenters. The number of carboxylic acids is 2. The smallest absolute Gasteiger partial charge is 0.320 e. The van der Waals surface area contributed by atoms with E-state index in [0.717, 1.165) is 24.9 Å². The lowest BCUT2D eigenvalue weighted by Gasteiger charge is -2.15.